The minimum Gasteiger partial charge on any atom is -0.326 e. The third-order valence-electron chi connectivity index (χ3n) is 4.09. The summed E-state index contributed by atoms with van der Waals surface area (Å²) in [6, 6.07) is 17.6. The van der Waals surface area contributed by atoms with Gasteiger partial charge in [0.15, 0.2) is 6.54 Å². The first-order chi connectivity index (χ1) is 11.8. The molecule has 0 bridgehead atoms. The van der Waals surface area contributed by atoms with Gasteiger partial charge >= 0.3 is 0 Å². The summed E-state index contributed by atoms with van der Waals surface area (Å²) in [6.07, 6.45) is 0. The van der Waals surface area contributed by atoms with Crippen molar-refractivity contribution in [2.45, 2.75) is 32.7 Å². The summed E-state index contributed by atoms with van der Waals surface area (Å²) >= 11 is 0. The second-order valence-electron chi connectivity index (χ2n) is 7.49. The van der Waals surface area contributed by atoms with Crippen LogP contribution in [0.1, 0.15) is 37.5 Å². The van der Waals surface area contributed by atoms with E-state index in [4.69, 9.17) is 5.26 Å². The van der Waals surface area contributed by atoms with Crippen molar-refractivity contribution in [2.75, 3.05) is 18.9 Å². The number of rotatable bonds is 5. The van der Waals surface area contributed by atoms with Crippen LogP contribution in [0.25, 0.3) is 0 Å². The lowest BCUT2D eigenvalue weighted by Crippen LogP contribution is -3.08. The molecule has 0 saturated heterocycles. The molecule has 0 spiro atoms. The number of anilines is 1. The number of benzene rings is 2. The highest BCUT2D eigenvalue weighted by Gasteiger charge is 2.14. The predicted molar refractivity (Wildman–Crippen MR) is 100 cm³/mol. The Balaban J connectivity index is 1.87. The maximum Gasteiger partial charge on any atom is 0.279 e. The Hall–Kier alpha value is -2.64. The largest absolute Gasteiger partial charge is 0.326 e. The molecule has 1 unspecified atom stereocenters. The Morgan fingerprint density at radius 3 is 2.20 bits per heavy atom. The Morgan fingerprint density at radius 2 is 1.68 bits per heavy atom. The van der Waals surface area contributed by atoms with Crippen molar-refractivity contribution >= 4 is 11.6 Å². The third kappa shape index (κ3) is 5.74. The standard InChI is InChI=1S/C21H25N3O/c1-21(2,3)18-9-5-17(6-10-18)14-24(4)15-20(25)23-19-11-7-16(13-22)8-12-19/h5-12H,14-15H2,1-4H3,(H,23,25)/p+1. The lowest BCUT2D eigenvalue weighted by molar-refractivity contribution is -0.885. The molecule has 4 heteroatoms. The van der Waals surface area contributed by atoms with Crippen LogP contribution in [0, 0.1) is 11.3 Å². The normalized spacial score (nSPS) is 12.3. The SMILES string of the molecule is C[NH+](CC(=O)Nc1ccc(C#N)cc1)Cc1ccc(C(C)(C)C)cc1. The highest BCUT2D eigenvalue weighted by molar-refractivity contribution is 5.91. The number of nitriles is 1. The lowest BCUT2D eigenvalue weighted by Gasteiger charge is -2.19. The first kappa shape index (κ1) is 18.7. The van der Waals surface area contributed by atoms with Gasteiger partial charge in [-0.15, -0.1) is 0 Å². The molecule has 0 aromatic heterocycles. The van der Waals surface area contributed by atoms with E-state index in [2.05, 4.69) is 56.4 Å². The molecule has 25 heavy (non-hydrogen) atoms. The van der Waals surface area contributed by atoms with E-state index in [1.807, 2.05) is 7.05 Å². The summed E-state index contributed by atoms with van der Waals surface area (Å²) in [7, 11) is 2.01. The minimum atomic E-state index is -0.0338. The van der Waals surface area contributed by atoms with Gasteiger partial charge in [0.1, 0.15) is 6.54 Å². The Bertz CT molecular complexity index is 750. The molecule has 0 heterocycles. The molecule has 0 fully saturated rings. The molecule has 0 radical (unpaired) electrons. The molecule has 2 N–H and O–H groups in total. The van der Waals surface area contributed by atoms with Gasteiger partial charge in [0.25, 0.3) is 5.91 Å². The van der Waals surface area contributed by atoms with Crippen LogP contribution >= 0.6 is 0 Å². The van der Waals surface area contributed by atoms with Gasteiger partial charge < -0.3 is 10.2 Å². The zero-order valence-corrected chi connectivity index (χ0v) is 15.4. The van der Waals surface area contributed by atoms with E-state index in [-0.39, 0.29) is 11.3 Å². The van der Waals surface area contributed by atoms with Crippen molar-refractivity contribution in [2.24, 2.45) is 0 Å². The van der Waals surface area contributed by atoms with Crippen molar-refractivity contribution in [3.63, 3.8) is 0 Å². The van der Waals surface area contributed by atoms with E-state index in [0.29, 0.717) is 17.8 Å². The molecule has 1 amide bonds. The minimum absolute atomic E-state index is 0.0338. The summed E-state index contributed by atoms with van der Waals surface area (Å²) in [6.45, 7) is 7.79. The summed E-state index contributed by atoms with van der Waals surface area (Å²) in [5, 5.41) is 11.7. The topological polar surface area (TPSA) is 57.3 Å². The number of likely N-dealkylation sites (N-methyl/N-ethyl adjacent to an activating group) is 1. The highest BCUT2D eigenvalue weighted by Crippen LogP contribution is 2.21. The van der Waals surface area contributed by atoms with E-state index < -0.39 is 0 Å². The van der Waals surface area contributed by atoms with Crippen molar-refractivity contribution < 1.29 is 9.69 Å². The molecule has 0 aliphatic heterocycles. The van der Waals surface area contributed by atoms with Gasteiger partial charge in [-0.05, 0) is 35.2 Å². The monoisotopic (exact) mass is 336 g/mol. The molecule has 2 aromatic carbocycles. The van der Waals surface area contributed by atoms with Crippen molar-refractivity contribution in [3.8, 4) is 6.07 Å². The van der Waals surface area contributed by atoms with E-state index >= 15 is 0 Å². The van der Waals surface area contributed by atoms with Gasteiger partial charge in [0, 0.05) is 11.3 Å². The molecular weight excluding hydrogens is 310 g/mol. The molecular formula is C21H26N3O+. The maximum atomic E-state index is 12.2. The maximum absolute atomic E-state index is 12.2. The second kappa shape index (κ2) is 7.96. The summed E-state index contributed by atoms with van der Waals surface area (Å²) in [5.74, 6) is -0.0338. The number of hydrogen-bond acceptors (Lipinski definition) is 2. The molecule has 130 valence electrons. The number of carbonyl (C=O) groups is 1. The third-order valence-corrected chi connectivity index (χ3v) is 4.09. The zero-order chi connectivity index (χ0) is 18.4. The molecule has 4 nitrogen and oxygen atoms in total. The van der Waals surface area contributed by atoms with Crippen LogP contribution in [0.15, 0.2) is 48.5 Å². The molecule has 1 atom stereocenters. The number of amides is 1. The van der Waals surface area contributed by atoms with E-state index in [9.17, 15) is 4.79 Å². The van der Waals surface area contributed by atoms with Crippen LogP contribution < -0.4 is 10.2 Å². The average Bonchev–Trinajstić information content (AvgIpc) is 2.55. The van der Waals surface area contributed by atoms with Crippen molar-refractivity contribution in [1.82, 2.24) is 0 Å². The predicted octanol–water partition coefficient (Wildman–Crippen LogP) is 2.51. The van der Waals surface area contributed by atoms with Crippen LogP contribution in [0.3, 0.4) is 0 Å². The van der Waals surface area contributed by atoms with Gasteiger partial charge in [0.2, 0.25) is 0 Å². The fourth-order valence-corrected chi connectivity index (χ4v) is 2.64. The quantitative estimate of drug-likeness (QED) is 0.881. The van der Waals surface area contributed by atoms with Gasteiger partial charge in [-0.2, -0.15) is 5.26 Å². The fraction of sp³-hybridized carbons (Fsp3) is 0.333. The highest BCUT2D eigenvalue weighted by atomic mass is 16.2. The fourth-order valence-electron chi connectivity index (χ4n) is 2.64. The number of nitrogens with one attached hydrogen (secondary N) is 2. The van der Waals surface area contributed by atoms with Crippen molar-refractivity contribution in [1.29, 1.82) is 5.26 Å². The smallest absolute Gasteiger partial charge is 0.279 e. The summed E-state index contributed by atoms with van der Waals surface area (Å²) in [4.78, 5) is 13.3. The van der Waals surface area contributed by atoms with E-state index in [1.165, 1.54) is 11.1 Å². The van der Waals surface area contributed by atoms with Gasteiger partial charge in [-0.25, -0.2) is 0 Å². The second-order valence-corrected chi connectivity index (χ2v) is 7.49. The Labute approximate surface area is 150 Å². The number of nitrogens with zero attached hydrogens (tertiary/aromatic N) is 1. The van der Waals surface area contributed by atoms with Crippen LogP contribution in [-0.2, 0) is 16.8 Å². The van der Waals surface area contributed by atoms with Crippen LogP contribution in [-0.4, -0.2) is 19.5 Å². The Morgan fingerprint density at radius 1 is 1.08 bits per heavy atom. The van der Waals surface area contributed by atoms with Crippen LogP contribution in [0.2, 0.25) is 0 Å². The summed E-state index contributed by atoms with van der Waals surface area (Å²) < 4.78 is 0. The average molecular weight is 336 g/mol. The summed E-state index contributed by atoms with van der Waals surface area (Å²) in [5.41, 5.74) is 3.98. The molecule has 0 saturated carbocycles. The Kier molecular flexibility index (Phi) is 5.95. The van der Waals surface area contributed by atoms with Gasteiger partial charge in [-0.3, -0.25) is 4.79 Å². The van der Waals surface area contributed by atoms with E-state index in [1.54, 1.807) is 24.3 Å². The molecule has 0 aliphatic carbocycles. The molecule has 2 aromatic rings. The lowest BCUT2D eigenvalue weighted by atomic mass is 9.87. The van der Waals surface area contributed by atoms with Crippen LogP contribution in [0.5, 0.6) is 0 Å². The first-order valence-corrected chi connectivity index (χ1v) is 8.48. The first-order valence-electron chi connectivity index (χ1n) is 8.48. The molecule has 2 rings (SSSR count). The number of quaternary nitrogens is 1. The van der Waals surface area contributed by atoms with E-state index in [0.717, 1.165) is 11.4 Å². The number of carbonyl (C=O) groups excluding carboxylic acids is 1. The zero-order valence-electron chi connectivity index (χ0n) is 15.4. The number of hydrogen-bond donors (Lipinski definition) is 2. The van der Waals surface area contributed by atoms with Crippen LogP contribution in [0.4, 0.5) is 5.69 Å². The van der Waals surface area contributed by atoms with Gasteiger partial charge in [0.05, 0.1) is 18.7 Å². The van der Waals surface area contributed by atoms with Gasteiger partial charge in [-0.1, -0.05) is 45.0 Å². The van der Waals surface area contributed by atoms with Crippen molar-refractivity contribution in [3.05, 3.63) is 65.2 Å². The molecule has 0 aliphatic rings.